The Morgan fingerprint density at radius 1 is 1.08 bits per heavy atom. The Hall–Kier alpha value is -1.52. The predicted molar refractivity (Wildman–Crippen MR) is 55.5 cm³/mol. The summed E-state index contributed by atoms with van der Waals surface area (Å²) in [5, 5.41) is 0. The zero-order valence-electron chi connectivity index (χ0n) is 7.59. The van der Waals surface area contributed by atoms with Gasteiger partial charge in [0.05, 0.1) is 0 Å². The summed E-state index contributed by atoms with van der Waals surface area (Å²) in [6.07, 6.45) is 4.11. The Morgan fingerprint density at radius 2 is 1.85 bits per heavy atom. The third kappa shape index (κ3) is 1.80. The molecule has 0 nitrogen and oxygen atoms in total. The molecule has 0 unspecified atom stereocenters. The summed E-state index contributed by atoms with van der Waals surface area (Å²) < 4.78 is 0. The standard InChI is InChI=1S/C13H12/c1-11-7-9-13(11)10-8-12-5-3-2-4-6-12/h2-7H,1,8,10H2. The topological polar surface area (TPSA) is 0 Å². The second kappa shape index (κ2) is 3.47. The van der Waals surface area contributed by atoms with Crippen LogP contribution in [0.15, 0.2) is 59.9 Å². The fourth-order valence-corrected chi connectivity index (χ4v) is 1.42. The Kier molecular flexibility index (Phi) is 2.16. The quantitative estimate of drug-likeness (QED) is 0.608. The monoisotopic (exact) mass is 168 g/mol. The molecule has 0 radical (unpaired) electrons. The molecule has 1 aliphatic rings. The van der Waals surface area contributed by atoms with Crippen LogP contribution in [-0.4, -0.2) is 0 Å². The van der Waals surface area contributed by atoms with E-state index in [1.54, 1.807) is 0 Å². The number of hydrogen-bond acceptors (Lipinski definition) is 0. The number of hydrogen-bond donors (Lipinski definition) is 0. The van der Waals surface area contributed by atoms with Gasteiger partial charge in [-0.25, -0.2) is 0 Å². The van der Waals surface area contributed by atoms with Crippen molar-refractivity contribution in [3.8, 4) is 0 Å². The Balaban J connectivity index is 1.94. The zero-order valence-corrected chi connectivity index (χ0v) is 7.59. The van der Waals surface area contributed by atoms with Crippen LogP contribution in [0.1, 0.15) is 12.0 Å². The van der Waals surface area contributed by atoms with Gasteiger partial charge >= 0.3 is 0 Å². The highest BCUT2D eigenvalue weighted by atomic mass is 14.1. The van der Waals surface area contributed by atoms with Gasteiger partial charge in [0.1, 0.15) is 0 Å². The summed E-state index contributed by atoms with van der Waals surface area (Å²) in [7, 11) is 0. The molecule has 2 rings (SSSR count). The molecule has 0 saturated heterocycles. The first-order chi connectivity index (χ1) is 6.36. The van der Waals surface area contributed by atoms with Gasteiger partial charge in [-0.2, -0.15) is 0 Å². The van der Waals surface area contributed by atoms with E-state index in [9.17, 15) is 0 Å². The van der Waals surface area contributed by atoms with E-state index in [4.69, 9.17) is 0 Å². The molecule has 64 valence electrons. The average Bonchev–Trinajstić information content (AvgIpc) is 2.17. The van der Waals surface area contributed by atoms with Crippen LogP contribution in [0.25, 0.3) is 0 Å². The van der Waals surface area contributed by atoms with Crippen LogP contribution >= 0.6 is 0 Å². The van der Waals surface area contributed by atoms with Crippen LogP contribution in [0, 0.1) is 0 Å². The van der Waals surface area contributed by atoms with Gasteiger partial charge in [0.25, 0.3) is 0 Å². The zero-order chi connectivity index (χ0) is 9.10. The molecule has 0 amide bonds. The average molecular weight is 168 g/mol. The third-order valence-corrected chi connectivity index (χ3v) is 2.31. The summed E-state index contributed by atoms with van der Waals surface area (Å²) >= 11 is 0. The first kappa shape index (κ1) is 8.10. The number of benzene rings is 1. The lowest BCUT2D eigenvalue weighted by Crippen LogP contribution is -1.94. The van der Waals surface area contributed by atoms with Crippen LogP contribution in [0.2, 0.25) is 0 Å². The van der Waals surface area contributed by atoms with Crippen LogP contribution in [0.5, 0.6) is 0 Å². The van der Waals surface area contributed by atoms with Crippen molar-refractivity contribution >= 4 is 0 Å². The molecule has 1 aromatic carbocycles. The summed E-state index contributed by atoms with van der Waals surface area (Å²) in [6, 6.07) is 10.5. The molecule has 1 aromatic rings. The molecule has 0 aromatic heterocycles. The largest absolute Gasteiger partial charge is 0.116 e. The first-order valence-corrected chi connectivity index (χ1v) is 4.55. The summed E-state index contributed by atoms with van der Waals surface area (Å²) in [5.41, 5.74) is 6.97. The fourth-order valence-electron chi connectivity index (χ4n) is 1.42. The molecule has 0 atom stereocenters. The van der Waals surface area contributed by atoms with Crippen molar-refractivity contribution in [2.45, 2.75) is 12.8 Å². The normalized spacial score (nSPS) is 13.8. The molecule has 0 fully saturated rings. The van der Waals surface area contributed by atoms with Gasteiger partial charge in [-0.1, -0.05) is 36.9 Å². The number of aryl methyl sites for hydroxylation is 1. The lowest BCUT2D eigenvalue weighted by atomic mass is 9.95. The summed E-state index contributed by atoms with van der Waals surface area (Å²) in [4.78, 5) is 0. The smallest absolute Gasteiger partial charge is 0.00158 e. The van der Waals surface area contributed by atoms with Gasteiger partial charge in [0.2, 0.25) is 0 Å². The molecule has 1 aliphatic carbocycles. The van der Waals surface area contributed by atoms with Gasteiger partial charge in [-0.15, -0.1) is 5.73 Å². The van der Waals surface area contributed by atoms with Crippen molar-refractivity contribution in [2.75, 3.05) is 0 Å². The second-order valence-electron chi connectivity index (χ2n) is 3.28. The van der Waals surface area contributed by atoms with E-state index in [0.717, 1.165) is 18.4 Å². The van der Waals surface area contributed by atoms with Crippen molar-refractivity contribution in [3.63, 3.8) is 0 Å². The van der Waals surface area contributed by atoms with Gasteiger partial charge in [-0.3, -0.25) is 0 Å². The van der Waals surface area contributed by atoms with E-state index in [0.29, 0.717) is 0 Å². The number of rotatable bonds is 3. The lowest BCUT2D eigenvalue weighted by Gasteiger charge is -2.09. The summed E-state index contributed by atoms with van der Waals surface area (Å²) in [5.74, 6) is 0. The van der Waals surface area contributed by atoms with Gasteiger partial charge in [0.15, 0.2) is 0 Å². The minimum absolute atomic E-state index is 1.07. The van der Waals surface area contributed by atoms with E-state index in [1.807, 2.05) is 12.1 Å². The highest BCUT2D eigenvalue weighted by Crippen LogP contribution is 2.21. The van der Waals surface area contributed by atoms with Crippen molar-refractivity contribution in [1.82, 2.24) is 0 Å². The molecule has 0 heteroatoms. The van der Waals surface area contributed by atoms with Gasteiger partial charge in [0, 0.05) is 5.57 Å². The van der Waals surface area contributed by atoms with Crippen LogP contribution in [0.4, 0.5) is 0 Å². The maximum Gasteiger partial charge on any atom is 0.00158 e. The minimum atomic E-state index is 1.07. The van der Waals surface area contributed by atoms with Crippen molar-refractivity contribution in [3.05, 3.63) is 65.4 Å². The minimum Gasteiger partial charge on any atom is -0.116 e. The van der Waals surface area contributed by atoms with E-state index < -0.39 is 0 Å². The maximum atomic E-state index is 3.90. The van der Waals surface area contributed by atoms with E-state index >= 15 is 0 Å². The second-order valence-corrected chi connectivity index (χ2v) is 3.28. The molecule has 0 spiro atoms. The van der Waals surface area contributed by atoms with E-state index in [1.165, 1.54) is 11.1 Å². The van der Waals surface area contributed by atoms with Gasteiger partial charge in [-0.05, 0) is 30.1 Å². The Morgan fingerprint density at radius 3 is 2.38 bits per heavy atom. The SMILES string of the molecule is C=C1C=C=C1CCc1ccccc1. The molecular weight excluding hydrogens is 156 g/mol. The lowest BCUT2D eigenvalue weighted by molar-refractivity contribution is 0.949. The highest BCUT2D eigenvalue weighted by molar-refractivity contribution is 5.45. The summed E-state index contributed by atoms with van der Waals surface area (Å²) in [6.45, 7) is 3.90. The van der Waals surface area contributed by atoms with Crippen molar-refractivity contribution < 1.29 is 0 Å². The Bertz CT molecular complexity index is 376. The molecular formula is C13H12. The van der Waals surface area contributed by atoms with Crippen molar-refractivity contribution in [2.24, 2.45) is 0 Å². The molecule has 0 heterocycles. The third-order valence-electron chi connectivity index (χ3n) is 2.31. The van der Waals surface area contributed by atoms with Crippen LogP contribution in [-0.2, 0) is 6.42 Å². The molecule has 0 N–H and O–H groups in total. The van der Waals surface area contributed by atoms with Crippen LogP contribution < -0.4 is 0 Å². The molecule has 13 heavy (non-hydrogen) atoms. The first-order valence-electron chi connectivity index (χ1n) is 4.55. The predicted octanol–water partition coefficient (Wildman–Crippen LogP) is 3.27. The van der Waals surface area contributed by atoms with E-state index in [2.05, 4.69) is 36.6 Å². The fraction of sp³-hybridized carbons (Fsp3) is 0.154. The molecule has 0 saturated carbocycles. The highest BCUT2D eigenvalue weighted by Gasteiger charge is 2.05. The molecule has 0 bridgehead atoms. The van der Waals surface area contributed by atoms with Crippen LogP contribution in [0.3, 0.4) is 0 Å². The van der Waals surface area contributed by atoms with E-state index in [-0.39, 0.29) is 0 Å². The van der Waals surface area contributed by atoms with Gasteiger partial charge < -0.3 is 0 Å². The Labute approximate surface area is 78.9 Å². The maximum absolute atomic E-state index is 3.90. The number of allylic oxidation sites excluding steroid dienone is 2. The molecule has 0 aliphatic heterocycles. The van der Waals surface area contributed by atoms with Crippen molar-refractivity contribution in [1.29, 1.82) is 0 Å².